The molecule has 1 aliphatic heterocycles. The fourth-order valence-corrected chi connectivity index (χ4v) is 3.99. The van der Waals surface area contributed by atoms with E-state index >= 15 is 0 Å². The minimum atomic E-state index is -4.60. The Morgan fingerprint density at radius 3 is 2.19 bits per heavy atom. The lowest BCUT2D eigenvalue weighted by Gasteiger charge is -2.29. The first-order valence-electron chi connectivity index (χ1n) is 10.3. The van der Waals surface area contributed by atoms with Gasteiger partial charge in [0.05, 0.1) is 23.2 Å². The normalized spacial score (nSPS) is 15.2. The van der Waals surface area contributed by atoms with Crippen LogP contribution in [-0.2, 0) is 16.2 Å². The summed E-state index contributed by atoms with van der Waals surface area (Å²) >= 11 is 0. The molecule has 0 bridgehead atoms. The van der Waals surface area contributed by atoms with Crippen LogP contribution in [-0.4, -0.2) is 48.9 Å². The highest BCUT2D eigenvalue weighted by molar-refractivity contribution is 7.92. The van der Waals surface area contributed by atoms with Crippen molar-refractivity contribution in [1.82, 2.24) is 15.1 Å². The van der Waals surface area contributed by atoms with Crippen LogP contribution in [0.15, 0.2) is 24.3 Å². The molecule has 1 aromatic carbocycles. The van der Waals surface area contributed by atoms with Gasteiger partial charge in [0.2, 0.25) is 10.0 Å². The quantitative estimate of drug-likeness (QED) is 0.686. The first kappa shape index (κ1) is 25.9. The lowest BCUT2D eigenvalue weighted by atomic mass is 10.0. The van der Waals surface area contributed by atoms with Crippen LogP contribution < -0.4 is 10.5 Å². The maximum atomic E-state index is 12.8. The second-order valence-corrected chi connectivity index (χ2v) is 9.87. The molecule has 1 aliphatic rings. The summed E-state index contributed by atoms with van der Waals surface area (Å²) in [5.41, 5.74) is 5.24. The molecule has 11 heteroatoms. The Kier molecular flexibility index (Phi) is 8.47. The van der Waals surface area contributed by atoms with Gasteiger partial charge in [-0.05, 0) is 70.5 Å². The second kappa shape index (κ2) is 10.5. The molecule has 1 aromatic heterocycles. The molecule has 2 heterocycles. The number of nitrogens with one attached hydrogen (secondary N) is 1. The van der Waals surface area contributed by atoms with E-state index < -0.39 is 21.8 Å². The maximum Gasteiger partial charge on any atom is 0.416 e. The van der Waals surface area contributed by atoms with Gasteiger partial charge in [0.25, 0.3) is 0 Å². The summed E-state index contributed by atoms with van der Waals surface area (Å²) in [6.07, 6.45) is 0.520. The van der Waals surface area contributed by atoms with E-state index in [0.717, 1.165) is 24.4 Å². The van der Waals surface area contributed by atoms with Crippen molar-refractivity contribution in [2.24, 2.45) is 0 Å². The van der Waals surface area contributed by atoms with Crippen molar-refractivity contribution in [3.05, 3.63) is 35.4 Å². The van der Waals surface area contributed by atoms with E-state index in [2.05, 4.69) is 33.7 Å². The van der Waals surface area contributed by atoms with Crippen molar-refractivity contribution < 1.29 is 21.6 Å². The number of halogens is 3. The van der Waals surface area contributed by atoms with Gasteiger partial charge in [0.1, 0.15) is 5.82 Å². The van der Waals surface area contributed by atoms with Crippen molar-refractivity contribution in [2.75, 3.05) is 29.8 Å². The number of likely N-dealkylation sites (tertiary alicyclic amines) is 1. The highest BCUT2D eigenvalue weighted by Gasteiger charge is 2.31. The lowest BCUT2D eigenvalue weighted by Crippen LogP contribution is -2.35. The largest absolute Gasteiger partial charge is 0.416 e. The number of hydrogen-bond donors (Lipinski definition) is 2. The molecule has 3 N–H and O–H groups in total. The number of nitrogens with two attached hydrogens (primary N) is 1. The van der Waals surface area contributed by atoms with Crippen LogP contribution in [0.3, 0.4) is 0 Å². The first-order valence-corrected chi connectivity index (χ1v) is 12.2. The van der Waals surface area contributed by atoms with Crippen LogP contribution >= 0.6 is 0 Å². The summed E-state index contributed by atoms with van der Waals surface area (Å²) in [5.74, 6) is 0.149. The van der Waals surface area contributed by atoms with Crippen molar-refractivity contribution in [3.63, 3.8) is 0 Å². The second-order valence-electron chi connectivity index (χ2n) is 8.12. The van der Waals surface area contributed by atoms with Gasteiger partial charge in [-0.2, -0.15) is 13.2 Å². The summed E-state index contributed by atoms with van der Waals surface area (Å²) in [6, 6.07) is 4.97. The number of aromatic nitrogens is 2. The summed E-state index contributed by atoms with van der Waals surface area (Å²) in [7, 11) is -3.78. The van der Waals surface area contributed by atoms with Crippen molar-refractivity contribution in [2.45, 2.75) is 52.3 Å². The molecule has 0 atom stereocenters. The van der Waals surface area contributed by atoms with Crippen molar-refractivity contribution >= 4 is 21.5 Å². The smallest absolute Gasteiger partial charge is 0.382 e. The highest BCUT2D eigenvalue weighted by atomic mass is 32.2. The number of piperidine rings is 1. The number of sulfonamides is 1. The summed E-state index contributed by atoms with van der Waals surface area (Å²) < 4.78 is 63.5. The summed E-state index contributed by atoms with van der Waals surface area (Å²) in [4.78, 5) is 2.56. The Hall–Kier alpha value is -2.40. The molecule has 0 unspecified atom stereocenters. The molecule has 32 heavy (non-hydrogen) atoms. The standard InChI is InChI=1S/C13H13F3N4O2S.C8H17N/c1-7-5-11(17)18-19-12(7)9-4-3-8(13(14,15)16)6-10(9)20-23(2,21)22;1-8(2)9-6-4-3-5-7-9/h3-6,20H,1-2H3,(H2,17,18);8H,3-7H2,1-2H3. The van der Waals surface area contributed by atoms with Crippen LogP contribution in [0.25, 0.3) is 11.3 Å². The number of nitrogens with zero attached hydrogens (tertiary/aromatic N) is 3. The molecular weight excluding hydrogens is 443 g/mol. The number of nitrogen functional groups attached to an aromatic ring is 1. The monoisotopic (exact) mass is 473 g/mol. The number of rotatable bonds is 4. The average Bonchev–Trinajstić information content (AvgIpc) is 2.68. The fourth-order valence-electron chi connectivity index (χ4n) is 3.42. The average molecular weight is 474 g/mol. The highest BCUT2D eigenvalue weighted by Crippen LogP contribution is 2.36. The molecule has 7 nitrogen and oxygen atoms in total. The third-order valence-electron chi connectivity index (χ3n) is 5.02. The van der Waals surface area contributed by atoms with Crippen molar-refractivity contribution in [3.8, 4) is 11.3 Å². The van der Waals surface area contributed by atoms with Gasteiger partial charge in [-0.1, -0.05) is 12.5 Å². The predicted molar refractivity (Wildman–Crippen MR) is 121 cm³/mol. The Morgan fingerprint density at radius 1 is 1.09 bits per heavy atom. The number of hydrogen-bond acceptors (Lipinski definition) is 6. The molecule has 0 amide bonds. The molecular formula is C21H30F3N5O2S. The molecule has 0 spiro atoms. The topological polar surface area (TPSA) is 101 Å². The van der Waals surface area contributed by atoms with Crippen molar-refractivity contribution in [1.29, 1.82) is 0 Å². The van der Waals surface area contributed by atoms with Gasteiger partial charge in [-0.15, -0.1) is 10.2 Å². The van der Waals surface area contributed by atoms with E-state index in [1.807, 2.05) is 0 Å². The fraction of sp³-hybridized carbons (Fsp3) is 0.524. The van der Waals surface area contributed by atoms with Gasteiger partial charge in [0, 0.05) is 11.6 Å². The molecule has 1 fully saturated rings. The Morgan fingerprint density at radius 2 is 1.72 bits per heavy atom. The Balaban J connectivity index is 0.000000336. The number of benzene rings is 1. The van der Waals surface area contributed by atoms with Gasteiger partial charge >= 0.3 is 6.18 Å². The molecule has 0 aliphatic carbocycles. The lowest BCUT2D eigenvalue weighted by molar-refractivity contribution is -0.137. The molecule has 0 saturated carbocycles. The van der Waals surface area contributed by atoms with E-state index in [1.54, 1.807) is 6.92 Å². The molecule has 2 aromatic rings. The number of anilines is 2. The zero-order valence-corrected chi connectivity index (χ0v) is 19.5. The maximum absolute atomic E-state index is 12.8. The number of aryl methyl sites for hydroxylation is 1. The molecule has 0 radical (unpaired) electrons. The predicted octanol–water partition coefficient (Wildman–Crippen LogP) is 4.31. The minimum Gasteiger partial charge on any atom is -0.382 e. The van der Waals surface area contributed by atoms with E-state index in [0.29, 0.717) is 11.6 Å². The van der Waals surface area contributed by atoms with Crippen LogP contribution in [0.2, 0.25) is 0 Å². The van der Waals surface area contributed by atoms with E-state index in [-0.39, 0.29) is 22.8 Å². The van der Waals surface area contributed by atoms with Crippen LogP contribution in [0.1, 0.15) is 44.2 Å². The van der Waals surface area contributed by atoms with Gasteiger partial charge in [-0.3, -0.25) is 4.72 Å². The molecule has 1 saturated heterocycles. The Labute approximate surface area is 187 Å². The number of alkyl halides is 3. The van der Waals surface area contributed by atoms with E-state index in [9.17, 15) is 21.6 Å². The first-order chi connectivity index (χ1) is 14.8. The van der Waals surface area contributed by atoms with Crippen LogP contribution in [0, 0.1) is 6.92 Å². The zero-order valence-electron chi connectivity index (χ0n) is 18.7. The Bertz CT molecular complexity index is 1020. The minimum absolute atomic E-state index is 0.149. The van der Waals surface area contributed by atoms with E-state index in [4.69, 9.17) is 5.73 Å². The third-order valence-corrected chi connectivity index (χ3v) is 5.61. The van der Waals surface area contributed by atoms with Crippen LogP contribution in [0.5, 0.6) is 0 Å². The van der Waals surface area contributed by atoms with E-state index in [1.165, 1.54) is 38.4 Å². The summed E-state index contributed by atoms with van der Waals surface area (Å²) in [5, 5.41) is 7.49. The van der Waals surface area contributed by atoms with Gasteiger partial charge in [0.15, 0.2) is 0 Å². The SMILES string of the molecule is CC(C)N1CCCCC1.Cc1cc(N)nnc1-c1ccc(C(F)(F)F)cc1NS(C)(=O)=O. The summed E-state index contributed by atoms with van der Waals surface area (Å²) in [6.45, 7) is 8.87. The zero-order chi connectivity index (χ0) is 24.1. The van der Waals surface area contributed by atoms with Gasteiger partial charge < -0.3 is 10.6 Å². The molecule has 3 rings (SSSR count). The third kappa shape index (κ3) is 7.63. The van der Waals surface area contributed by atoms with Crippen LogP contribution in [0.4, 0.5) is 24.7 Å². The molecule has 178 valence electrons. The van der Waals surface area contributed by atoms with Gasteiger partial charge in [-0.25, -0.2) is 8.42 Å².